The van der Waals surface area contributed by atoms with E-state index in [1.165, 1.54) is 0 Å². The fourth-order valence-corrected chi connectivity index (χ4v) is 3.03. The van der Waals surface area contributed by atoms with Gasteiger partial charge in [-0.05, 0) is 30.5 Å². The van der Waals surface area contributed by atoms with Crippen LogP contribution < -0.4 is 10.6 Å². The van der Waals surface area contributed by atoms with Crippen LogP contribution in [0.15, 0.2) is 66.7 Å². The number of hydrogen-bond donors (Lipinski definition) is 2. The predicted molar refractivity (Wildman–Crippen MR) is 110 cm³/mol. The monoisotopic (exact) mass is 406 g/mol. The third-order valence-electron chi connectivity index (χ3n) is 3.97. The average Bonchev–Trinajstić information content (AvgIpc) is 2.60. The summed E-state index contributed by atoms with van der Waals surface area (Å²) in [5.74, 6) is -0.322. The van der Waals surface area contributed by atoms with Crippen molar-refractivity contribution in [3.8, 4) is 0 Å². The van der Waals surface area contributed by atoms with Crippen LogP contribution in [0, 0.1) is 6.92 Å². The maximum absolute atomic E-state index is 12.6. The molecule has 0 radical (unpaired) electrons. The second-order valence-corrected chi connectivity index (χ2v) is 8.36. The van der Waals surface area contributed by atoms with Crippen molar-refractivity contribution in [3.63, 3.8) is 0 Å². The van der Waals surface area contributed by atoms with Gasteiger partial charge in [-0.3, -0.25) is 4.79 Å². The summed E-state index contributed by atoms with van der Waals surface area (Å²) < 4.78 is -1.74. The third kappa shape index (κ3) is 4.42. The zero-order valence-corrected chi connectivity index (χ0v) is 16.2. The molecule has 3 rings (SSSR count). The first-order valence-electron chi connectivity index (χ1n) is 8.03. The molecular weight excluding hydrogens is 391 g/mol. The quantitative estimate of drug-likeness (QED) is 0.431. The van der Waals surface area contributed by atoms with E-state index in [0.717, 1.165) is 22.0 Å². The third-order valence-corrected chi connectivity index (χ3v) is 4.63. The lowest BCUT2D eigenvalue weighted by Gasteiger charge is -2.28. The molecule has 2 N–H and O–H groups in total. The Morgan fingerprint density at radius 3 is 2.38 bits per heavy atom. The first-order chi connectivity index (χ1) is 12.3. The molecule has 0 aliphatic rings. The van der Waals surface area contributed by atoms with Gasteiger partial charge in [-0.25, -0.2) is 0 Å². The van der Waals surface area contributed by atoms with Crippen molar-refractivity contribution in [3.05, 3.63) is 77.9 Å². The van der Waals surface area contributed by atoms with Crippen molar-refractivity contribution in [2.24, 2.45) is 0 Å². The molecule has 0 aliphatic carbocycles. The van der Waals surface area contributed by atoms with Gasteiger partial charge in [-0.2, -0.15) is 0 Å². The van der Waals surface area contributed by atoms with E-state index in [1.54, 1.807) is 12.1 Å². The number of carbonyl (C=O) groups excluding carboxylic acids is 1. The van der Waals surface area contributed by atoms with Crippen LogP contribution in [0.1, 0.15) is 15.9 Å². The Balaban J connectivity index is 1.88. The van der Waals surface area contributed by atoms with E-state index in [4.69, 9.17) is 34.8 Å². The molecule has 0 aliphatic heterocycles. The number of rotatable bonds is 4. The number of aryl methyl sites for hydroxylation is 1. The molecule has 1 amide bonds. The molecular formula is C20H17Cl3N2O. The van der Waals surface area contributed by atoms with Crippen LogP contribution in [0.4, 0.5) is 5.69 Å². The Labute approximate surface area is 167 Å². The predicted octanol–water partition coefficient (Wildman–Crippen LogP) is 5.69. The van der Waals surface area contributed by atoms with Gasteiger partial charge in [0.25, 0.3) is 5.91 Å². The molecule has 0 fully saturated rings. The Hall–Kier alpha value is -1.94. The minimum Gasteiger partial charge on any atom is -0.361 e. The summed E-state index contributed by atoms with van der Waals surface area (Å²) in [6, 6.07) is 20.9. The number of amides is 1. The Kier molecular flexibility index (Phi) is 5.61. The topological polar surface area (TPSA) is 41.1 Å². The molecule has 3 aromatic carbocycles. The van der Waals surface area contributed by atoms with E-state index in [0.29, 0.717) is 5.56 Å². The molecule has 0 saturated carbocycles. The smallest absolute Gasteiger partial charge is 0.252 e. The van der Waals surface area contributed by atoms with E-state index in [-0.39, 0.29) is 5.91 Å². The largest absolute Gasteiger partial charge is 0.361 e. The number of halogens is 3. The summed E-state index contributed by atoms with van der Waals surface area (Å²) in [4.78, 5) is 12.6. The molecule has 0 spiro atoms. The number of hydrogen-bond acceptors (Lipinski definition) is 2. The molecule has 0 heterocycles. The summed E-state index contributed by atoms with van der Waals surface area (Å²) >= 11 is 18.4. The van der Waals surface area contributed by atoms with Crippen molar-refractivity contribution in [1.29, 1.82) is 0 Å². The van der Waals surface area contributed by atoms with Gasteiger partial charge in [0.1, 0.15) is 6.17 Å². The molecule has 1 atom stereocenters. The first-order valence-corrected chi connectivity index (χ1v) is 9.16. The van der Waals surface area contributed by atoms with Crippen molar-refractivity contribution in [2.75, 3.05) is 5.32 Å². The minimum atomic E-state index is -1.74. The van der Waals surface area contributed by atoms with Gasteiger partial charge in [0.05, 0.1) is 0 Å². The first kappa shape index (κ1) is 18.8. The van der Waals surface area contributed by atoms with Crippen LogP contribution in [0.3, 0.4) is 0 Å². The van der Waals surface area contributed by atoms with Crippen molar-refractivity contribution < 1.29 is 4.79 Å². The van der Waals surface area contributed by atoms with Gasteiger partial charge in [-0.15, -0.1) is 0 Å². The molecule has 6 heteroatoms. The summed E-state index contributed by atoms with van der Waals surface area (Å²) in [5, 5.41) is 7.94. The number of nitrogens with one attached hydrogen (secondary N) is 2. The maximum Gasteiger partial charge on any atom is 0.252 e. The van der Waals surface area contributed by atoms with Gasteiger partial charge in [0, 0.05) is 16.6 Å². The maximum atomic E-state index is 12.6. The molecule has 0 bridgehead atoms. The van der Waals surface area contributed by atoms with Crippen LogP contribution in [-0.2, 0) is 0 Å². The highest BCUT2D eigenvalue weighted by Gasteiger charge is 2.34. The Morgan fingerprint density at radius 1 is 0.962 bits per heavy atom. The normalized spacial score (nSPS) is 12.6. The van der Waals surface area contributed by atoms with Crippen molar-refractivity contribution >= 4 is 57.2 Å². The summed E-state index contributed by atoms with van der Waals surface area (Å²) in [7, 11) is 0. The number of benzene rings is 3. The van der Waals surface area contributed by atoms with E-state index in [1.807, 2.05) is 61.5 Å². The van der Waals surface area contributed by atoms with Crippen LogP contribution in [0.5, 0.6) is 0 Å². The van der Waals surface area contributed by atoms with Crippen LogP contribution in [0.25, 0.3) is 10.8 Å². The molecule has 0 aromatic heterocycles. The van der Waals surface area contributed by atoms with Gasteiger partial charge >= 0.3 is 0 Å². The molecule has 3 nitrogen and oxygen atoms in total. The summed E-state index contributed by atoms with van der Waals surface area (Å²) in [6.07, 6.45) is -0.911. The van der Waals surface area contributed by atoms with E-state index >= 15 is 0 Å². The Morgan fingerprint density at radius 2 is 1.65 bits per heavy atom. The number of fused-ring (bicyclic) bond motifs is 1. The minimum absolute atomic E-state index is 0.322. The van der Waals surface area contributed by atoms with E-state index in [9.17, 15) is 4.79 Å². The summed E-state index contributed by atoms with van der Waals surface area (Å²) in [6.45, 7) is 1.91. The van der Waals surface area contributed by atoms with E-state index in [2.05, 4.69) is 10.6 Å². The van der Waals surface area contributed by atoms with Crippen LogP contribution in [-0.4, -0.2) is 15.9 Å². The van der Waals surface area contributed by atoms with Gasteiger partial charge in [0.2, 0.25) is 3.79 Å². The van der Waals surface area contributed by atoms with E-state index < -0.39 is 9.96 Å². The Bertz CT molecular complexity index is 932. The molecule has 0 saturated heterocycles. The standard InChI is InChI=1S/C20H17Cl3N2O/c1-13-6-4-9-15(12-13)18(26)25-19(20(21,22)23)24-17-11-5-8-14-7-2-3-10-16(14)17/h2-12,19,24H,1H3,(H,25,26). The molecule has 134 valence electrons. The SMILES string of the molecule is Cc1cccc(C(=O)NC(Nc2cccc3ccccc23)C(Cl)(Cl)Cl)c1. The molecule has 3 aromatic rings. The fraction of sp³-hybridized carbons (Fsp3) is 0.150. The molecule has 26 heavy (non-hydrogen) atoms. The van der Waals surface area contributed by atoms with Gasteiger partial charge < -0.3 is 10.6 Å². The number of carbonyl (C=O) groups is 1. The zero-order chi connectivity index (χ0) is 18.7. The lowest BCUT2D eigenvalue weighted by molar-refractivity contribution is 0.0942. The number of anilines is 1. The van der Waals surface area contributed by atoms with Gasteiger partial charge in [-0.1, -0.05) is 88.9 Å². The fourth-order valence-electron chi connectivity index (χ4n) is 2.71. The average molecular weight is 408 g/mol. The number of alkyl halides is 3. The highest BCUT2D eigenvalue weighted by molar-refractivity contribution is 6.68. The van der Waals surface area contributed by atoms with Crippen LogP contribution >= 0.6 is 34.8 Å². The second kappa shape index (κ2) is 7.75. The highest BCUT2D eigenvalue weighted by Crippen LogP contribution is 2.33. The van der Waals surface area contributed by atoms with Crippen LogP contribution in [0.2, 0.25) is 0 Å². The second-order valence-electron chi connectivity index (χ2n) is 5.99. The van der Waals surface area contributed by atoms with Gasteiger partial charge in [0.15, 0.2) is 0 Å². The lowest BCUT2D eigenvalue weighted by atomic mass is 10.1. The molecule has 1 unspecified atom stereocenters. The lowest BCUT2D eigenvalue weighted by Crippen LogP contribution is -2.49. The summed E-state index contributed by atoms with van der Waals surface area (Å²) in [5.41, 5.74) is 2.25. The van der Waals surface area contributed by atoms with Crippen molar-refractivity contribution in [1.82, 2.24) is 5.32 Å². The van der Waals surface area contributed by atoms with Crippen molar-refractivity contribution in [2.45, 2.75) is 16.9 Å². The zero-order valence-electron chi connectivity index (χ0n) is 14.0. The highest BCUT2D eigenvalue weighted by atomic mass is 35.6.